The Morgan fingerprint density at radius 2 is 2.11 bits per heavy atom. The van der Waals surface area contributed by atoms with Gasteiger partial charge in [-0.2, -0.15) is 0 Å². The Morgan fingerprint density at radius 1 is 1.44 bits per heavy atom. The second-order valence-electron chi connectivity index (χ2n) is 5.03. The van der Waals surface area contributed by atoms with Gasteiger partial charge in [-0.1, -0.05) is 20.3 Å². The number of aliphatic carboxylic acids is 1. The molecule has 0 aromatic carbocycles. The Morgan fingerprint density at radius 3 is 2.61 bits per heavy atom. The van der Waals surface area contributed by atoms with Gasteiger partial charge >= 0.3 is 5.97 Å². The molecule has 1 amide bonds. The summed E-state index contributed by atoms with van der Waals surface area (Å²) in [6.07, 6.45) is 2.26. The smallest absolute Gasteiger partial charge is 0.308 e. The van der Waals surface area contributed by atoms with E-state index in [-0.39, 0.29) is 17.1 Å². The number of hydrogen-bond acceptors (Lipinski definition) is 3. The van der Waals surface area contributed by atoms with E-state index in [4.69, 9.17) is 5.11 Å². The molecule has 0 radical (unpaired) electrons. The molecule has 1 saturated heterocycles. The van der Waals surface area contributed by atoms with Crippen molar-refractivity contribution in [2.45, 2.75) is 38.9 Å². The van der Waals surface area contributed by atoms with Crippen LogP contribution in [-0.2, 0) is 9.59 Å². The van der Waals surface area contributed by atoms with Crippen molar-refractivity contribution in [1.82, 2.24) is 4.90 Å². The van der Waals surface area contributed by atoms with Gasteiger partial charge in [0.25, 0.3) is 0 Å². The minimum atomic E-state index is -0.788. The molecule has 104 valence electrons. The predicted molar refractivity (Wildman–Crippen MR) is 73.7 cm³/mol. The molecule has 4 nitrogen and oxygen atoms in total. The van der Waals surface area contributed by atoms with E-state index in [1.54, 1.807) is 16.7 Å². The Kier molecular flexibility index (Phi) is 5.99. The lowest BCUT2D eigenvalue weighted by Crippen LogP contribution is -2.35. The molecule has 1 rings (SSSR count). The average Bonchev–Trinajstić information content (AvgIpc) is 2.70. The number of unbranched alkanes of at least 4 members (excludes halogenated alkanes) is 1. The molecule has 1 fully saturated rings. The van der Waals surface area contributed by atoms with Gasteiger partial charge in [-0.15, -0.1) is 11.8 Å². The van der Waals surface area contributed by atoms with E-state index in [2.05, 4.69) is 6.92 Å². The molecular weight excluding hydrogens is 250 g/mol. The van der Waals surface area contributed by atoms with Gasteiger partial charge in [-0.25, -0.2) is 0 Å². The third-order valence-corrected chi connectivity index (χ3v) is 4.68. The summed E-state index contributed by atoms with van der Waals surface area (Å²) < 4.78 is 0. The van der Waals surface area contributed by atoms with Crippen molar-refractivity contribution in [3.05, 3.63) is 0 Å². The number of carboxylic acid groups (broad SMARTS) is 1. The zero-order valence-corrected chi connectivity index (χ0v) is 12.2. The van der Waals surface area contributed by atoms with Crippen molar-refractivity contribution in [3.63, 3.8) is 0 Å². The summed E-state index contributed by atoms with van der Waals surface area (Å²) >= 11 is 1.67. The Balaban J connectivity index is 2.45. The first-order valence-electron chi connectivity index (χ1n) is 6.60. The van der Waals surface area contributed by atoms with Gasteiger partial charge in [0.15, 0.2) is 0 Å². The predicted octanol–water partition coefficient (Wildman–Crippen LogP) is 2.09. The fraction of sp³-hybridized carbons (Fsp3) is 0.846. The van der Waals surface area contributed by atoms with Crippen LogP contribution in [0.3, 0.4) is 0 Å². The van der Waals surface area contributed by atoms with Crippen LogP contribution in [-0.4, -0.2) is 46.0 Å². The van der Waals surface area contributed by atoms with Crippen LogP contribution < -0.4 is 0 Å². The molecular formula is C13H23NO3S. The lowest BCUT2D eigenvalue weighted by atomic mass is 9.99. The van der Waals surface area contributed by atoms with E-state index in [1.165, 1.54) is 0 Å². The minimum Gasteiger partial charge on any atom is -0.481 e. The highest BCUT2D eigenvalue weighted by Gasteiger charge is 2.37. The normalized spacial score (nSPS) is 25.2. The van der Waals surface area contributed by atoms with Gasteiger partial charge in [0.2, 0.25) is 5.91 Å². The summed E-state index contributed by atoms with van der Waals surface area (Å²) in [5, 5.41) is 8.99. The van der Waals surface area contributed by atoms with E-state index >= 15 is 0 Å². The minimum absolute atomic E-state index is 0.0549. The Hall–Kier alpha value is -0.710. The Bertz CT molecular complexity index is 309. The lowest BCUT2D eigenvalue weighted by Gasteiger charge is -2.20. The van der Waals surface area contributed by atoms with Gasteiger partial charge in [0.05, 0.1) is 11.2 Å². The molecule has 0 aromatic rings. The van der Waals surface area contributed by atoms with Crippen LogP contribution in [0, 0.1) is 11.8 Å². The molecule has 0 bridgehead atoms. The average molecular weight is 273 g/mol. The van der Waals surface area contributed by atoms with Crippen LogP contribution in [0.5, 0.6) is 0 Å². The third kappa shape index (κ3) is 3.90. The molecule has 1 unspecified atom stereocenters. The highest BCUT2D eigenvalue weighted by Crippen LogP contribution is 2.25. The van der Waals surface area contributed by atoms with E-state index in [9.17, 15) is 9.59 Å². The second-order valence-corrected chi connectivity index (χ2v) is 6.48. The number of nitrogens with zero attached hydrogens (tertiary/aromatic N) is 1. The lowest BCUT2D eigenvalue weighted by molar-refractivity contribution is -0.142. The molecule has 5 heteroatoms. The molecule has 1 heterocycles. The first kappa shape index (κ1) is 15.3. The number of thioether (sulfide) groups is 1. The number of rotatable bonds is 6. The third-order valence-electron chi connectivity index (χ3n) is 3.45. The summed E-state index contributed by atoms with van der Waals surface area (Å²) in [5.74, 6) is -0.0494. The molecule has 0 aliphatic carbocycles. The summed E-state index contributed by atoms with van der Waals surface area (Å²) in [7, 11) is 0. The fourth-order valence-corrected chi connectivity index (χ4v) is 3.30. The van der Waals surface area contributed by atoms with Crippen LogP contribution in [0.4, 0.5) is 0 Å². The van der Waals surface area contributed by atoms with Crippen molar-refractivity contribution in [2.75, 3.05) is 18.8 Å². The van der Waals surface area contributed by atoms with Crippen LogP contribution in [0.1, 0.15) is 33.6 Å². The van der Waals surface area contributed by atoms with Crippen molar-refractivity contribution in [3.8, 4) is 0 Å². The van der Waals surface area contributed by atoms with Crippen molar-refractivity contribution >= 4 is 23.6 Å². The molecule has 0 spiro atoms. The number of carbonyl (C=O) groups is 2. The monoisotopic (exact) mass is 273 g/mol. The zero-order chi connectivity index (χ0) is 13.7. The molecule has 1 aliphatic rings. The summed E-state index contributed by atoms with van der Waals surface area (Å²) in [6.45, 7) is 6.90. The van der Waals surface area contributed by atoms with E-state index in [0.717, 1.165) is 18.6 Å². The number of carboxylic acids is 1. The van der Waals surface area contributed by atoms with Gasteiger partial charge in [-0.05, 0) is 25.0 Å². The van der Waals surface area contributed by atoms with E-state index in [1.807, 2.05) is 13.8 Å². The summed E-state index contributed by atoms with van der Waals surface area (Å²) in [6, 6.07) is 0. The summed E-state index contributed by atoms with van der Waals surface area (Å²) in [4.78, 5) is 24.9. The molecule has 1 N–H and O–H groups in total. The van der Waals surface area contributed by atoms with Crippen LogP contribution in [0.25, 0.3) is 0 Å². The highest BCUT2D eigenvalue weighted by atomic mass is 32.2. The van der Waals surface area contributed by atoms with Crippen LogP contribution in [0.2, 0.25) is 0 Å². The number of amides is 1. The van der Waals surface area contributed by atoms with E-state index in [0.29, 0.717) is 13.1 Å². The van der Waals surface area contributed by atoms with Crippen LogP contribution >= 0.6 is 11.8 Å². The largest absolute Gasteiger partial charge is 0.481 e. The SMILES string of the molecule is CCCCSC(C)C(=O)N1C[C@@H](C)[C@H](C(=O)O)C1. The maximum atomic E-state index is 12.2. The number of carbonyl (C=O) groups excluding carboxylic acids is 1. The van der Waals surface area contributed by atoms with E-state index < -0.39 is 11.9 Å². The first-order chi connectivity index (χ1) is 8.47. The van der Waals surface area contributed by atoms with Gasteiger partial charge in [0, 0.05) is 13.1 Å². The van der Waals surface area contributed by atoms with Gasteiger partial charge in [-0.3, -0.25) is 9.59 Å². The quantitative estimate of drug-likeness (QED) is 0.753. The van der Waals surface area contributed by atoms with Gasteiger partial charge in [0.1, 0.15) is 0 Å². The number of hydrogen-bond donors (Lipinski definition) is 1. The standard InChI is InChI=1S/C13H23NO3S/c1-4-5-6-18-10(3)12(15)14-7-9(2)11(8-14)13(16)17/h9-11H,4-8H2,1-3H3,(H,16,17)/t9-,10?,11-/m1/s1. The maximum Gasteiger partial charge on any atom is 0.308 e. The molecule has 3 atom stereocenters. The second kappa shape index (κ2) is 7.02. The molecule has 0 saturated carbocycles. The fourth-order valence-electron chi connectivity index (χ4n) is 2.20. The first-order valence-corrected chi connectivity index (χ1v) is 7.65. The molecule has 18 heavy (non-hydrogen) atoms. The van der Waals surface area contributed by atoms with Gasteiger partial charge < -0.3 is 10.0 Å². The van der Waals surface area contributed by atoms with Crippen molar-refractivity contribution < 1.29 is 14.7 Å². The topological polar surface area (TPSA) is 57.6 Å². The zero-order valence-electron chi connectivity index (χ0n) is 11.4. The maximum absolute atomic E-state index is 12.2. The highest BCUT2D eigenvalue weighted by molar-refractivity contribution is 8.00. The molecule has 1 aliphatic heterocycles. The van der Waals surface area contributed by atoms with Crippen molar-refractivity contribution in [1.29, 1.82) is 0 Å². The molecule has 0 aromatic heterocycles. The Labute approximate surface area is 113 Å². The van der Waals surface area contributed by atoms with Crippen molar-refractivity contribution in [2.24, 2.45) is 11.8 Å². The summed E-state index contributed by atoms with van der Waals surface area (Å²) in [5.41, 5.74) is 0. The van der Waals surface area contributed by atoms with Crippen LogP contribution in [0.15, 0.2) is 0 Å². The number of likely N-dealkylation sites (tertiary alicyclic amines) is 1.